The number of halogens is 1. The van der Waals surface area contributed by atoms with Crippen LogP contribution in [0, 0.1) is 5.82 Å². The number of hydrogen-bond donors (Lipinski definition) is 1. The number of benzene rings is 2. The van der Waals surface area contributed by atoms with E-state index in [9.17, 15) is 4.39 Å². The Kier molecular flexibility index (Phi) is 5.39. The molecule has 0 radical (unpaired) electrons. The van der Waals surface area contributed by atoms with Crippen LogP contribution in [0.15, 0.2) is 52.9 Å². The van der Waals surface area contributed by atoms with Gasteiger partial charge in [-0.2, -0.15) is 0 Å². The van der Waals surface area contributed by atoms with Gasteiger partial charge in [0, 0.05) is 5.75 Å². The third-order valence-corrected chi connectivity index (χ3v) is 5.75. The summed E-state index contributed by atoms with van der Waals surface area (Å²) in [6.45, 7) is 6.63. The van der Waals surface area contributed by atoms with Crippen molar-refractivity contribution < 1.29 is 4.39 Å². The Morgan fingerprint density at radius 2 is 1.76 bits per heavy atom. The Morgan fingerprint density at radius 3 is 2.44 bits per heavy atom. The Hall–Kier alpha value is -1.92. The first kappa shape index (κ1) is 17.9. The molecular weight excluding hydrogens is 353 g/mol. The number of rotatable bonds is 5. The molecule has 130 valence electrons. The van der Waals surface area contributed by atoms with Crippen molar-refractivity contribution >= 4 is 33.9 Å². The van der Waals surface area contributed by atoms with E-state index in [1.165, 1.54) is 28.5 Å². The van der Waals surface area contributed by atoms with Crippen LogP contribution < -0.4 is 5.32 Å². The molecule has 0 saturated carbocycles. The summed E-state index contributed by atoms with van der Waals surface area (Å²) >= 11 is 3.06. The van der Waals surface area contributed by atoms with Crippen LogP contribution in [0.5, 0.6) is 0 Å². The highest BCUT2D eigenvalue weighted by atomic mass is 32.2. The van der Waals surface area contributed by atoms with Gasteiger partial charge in [0.05, 0.1) is 5.69 Å². The minimum absolute atomic E-state index is 0.165. The summed E-state index contributed by atoms with van der Waals surface area (Å²) in [5, 5.41) is 11.8. The predicted molar refractivity (Wildman–Crippen MR) is 104 cm³/mol. The normalized spacial score (nSPS) is 11.5. The number of thioether (sulfide) groups is 1. The van der Waals surface area contributed by atoms with Crippen molar-refractivity contribution in [3.8, 4) is 0 Å². The molecule has 3 nitrogen and oxygen atoms in total. The second-order valence-electron chi connectivity index (χ2n) is 6.71. The van der Waals surface area contributed by atoms with Gasteiger partial charge in [-0.15, -0.1) is 10.2 Å². The summed E-state index contributed by atoms with van der Waals surface area (Å²) in [6, 6.07) is 15.2. The Morgan fingerprint density at radius 1 is 1.04 bits per heavy atom. The van der Waals surface area contributed by atoms with Crippen LogP contribution in [0.25, 0.3) is 0 Å². The molecule has 3 aromatic rings. The van der Waals surface area contributed by atoms with Crippen molar-refractivity contribution in [2.24, 2.45) is 0 Å². The largest absolute Gasteiger partial charge is 0.328 e. The second-order valence-corrected chi connectivity index (χ2v) is 8.91. The van der Waals surface area contributed by atoms with E-state index in [1.54, 1.807) is 30.0 Å². The van der Waals surface area contributed by atoms with E-state index < -0.39 is 0 Å². The molecule has 6 heteroatoms. The first-order valence-corrected chi connectivity index (χ1v) is 9.79. The zero-order valence-electron chi connectivity index (χ0n) is 14.4. The number of nitrogens with one attached hydrogen (secondary N) is 1. The fourth-order valence-corrected chi connectivity index (χ4v) is 3.96. The molecular formula is C19H20FN3S2. The van der Waals surface area contributed by atoms with Crippen LogP contribution in [-0.2, 0) is 11.2 Å². The molecule has 0 spiro atoms. The average Bonchev–Trinajstić information content (AvgIpc) is 3.02. The lowest BCUT2D eigenvalue weighted by atomic mass is 9.87. The zero-order valence-corrected chi connectivity index (χ0v) is 16.0. The van der Waals surface area contributed by atoms with Crippen molar-refractivity contribution in [3.63, 3.8) is 0 Å². The third kappa shape index (κ3) is 4.80. The molecule has 2 aromatic carbocycles. The first-order valence-electron chi connectivity index (χ1n) is 7.99. The van der Waals surface area contributed by atoms with Gasteiger partial charge in [0.1, 0.15) is 5.82 Å². The lowest BCUT2D eigenvalue weighted by molar-refractivity contribution is 0.590. The van der Waals surface area contributed by atoms with E-state index in [-0.39, 0.29) is 11.2 Å². The molecule has 0 atom stereocenters. The lowest BCUT2D eigenvalue weighted by Gasteiger charge is -2.19. The quantitative estimate of drug-likeness (QED) is 0.556. The van der Waals surface area contributed by atoms with Gasteiger partial charge < -0.3 is 5.32 Å². The van der Waals surface area contributed by atoms with Crippen molar-refractivity contribution in [1.29, 1.82) is 0 Å². The van der Waals surface area contributed by atoms with E-state index in [4.69, 9.17) is 0 Å². The molecule has 0 fully saturated rings. The van der Waals surface area contributed by atoms with Gasteiger partial charge in [0.25, 0.3) is 0 Å². The molecule has 1 aromatic heterocycles. The fraction of sp³-hybridized carbons (Fsp3) is 0.263. The lowest BCUT2D eigenvalue weighted by Crippen LogP contribution is -2.10. The van der Waals surface area contributed by atoms with Gasteiger partial charge in [0.15, 0.2) is 4.34 Å². The van der Waals surface area contributed by atoms with Crippen LogP contribution in [0.2, 0.25) is 0 Å². The molecule has 0 bridgehead atoms. The maximum atomic E-state index is 13.7. The minimum Gasteiger partial charge on any atom is -0.328 e. The maximum absolute atomic E-state index is 13.7. The van der Waals surface area contributed by atoms with E-state index in [1.807, 2.05) is 0 Å². The van der Waals surface area contributed by atoms with Gasteiger partial charge in [-0.05, 0) is 28.7 Å². The summed E-state index contributed by atoms with van der Waals surface area (Å²) in [5.74, 6) is 0.532. The molecule has 1 N–H and O–H groups in total. The Bertz CT molecular complexity index is 838. The molecule has 1 heterocycles. The van der Waals surface area contributed by atoms with Crippen LogP contribution in [0.4, 0.5) is 15.2 Å². The summed E-state index contributed by atoms with van der Waals surface area (Å²) in [6.07, 6.45) is 0. The molecule has 0 unspecified atom stereocenters. The standard InChI is InChI=1S/C19H20FN3S2/c1-19(2,3)14-10-8-13(9-11-14)12-24-18-23-22-17(25-18)21-16-7-5-4-6-15(16)20/h4-11H,12H2,1-3H3,(H,21,22). The summed E-state index contributed by atoms with van der Waals surface area (Å²) in [5.41, 5.74) is 3.15. The van der Waals surface area contributed by atoms with Crippen LogP contribution in [-0.4, -0.2) is 10.2 Å². The highest BCUT2D eigenvalue weighted by Crippen LogP contribution is 2.31. The van der Waals surface area contributed by atoms with Crippen molar-refractivity contribution in [3.05, 3.63) is 65.5 Å². The van der Waals surface area contributed by atoms with E-state index >= 15 is 0 Å². The number of anilines is 2. The van der Waals surface area contributed by atoms with Crippen molar-refractivity contribution in [2.45, 2.75) is 36.3 Å². The summed E-state index contributed by atoms with van der Waals surface area (Å²) in [4.78, 5) is 0. The highest BCUT2D eigenvalue weighted by Gasteiger charge is 2.13. The highest BCUT2D eigenvalue weighted by molar-refractivity contribution is 8.00. The SMILES string of the molecule is CC(C)(C)c1ccc(CSc2nnc(Nc3ccccc3F)s2)cc1. The van der Waals surface area contributed by atoms with Gasteiger partial charge in [-0.1, -0.05) is 80.3 Å². The second kappa shape index (κ2) is 7.54. The predicted octanol–water partition coefficient (Wildman–Crippen LogP) is 6.01. The maximum Gasteiger partial charge on any atom is 0.210 e. The van der Waals surface area contributed by atoms with E-state index in [2.05, 4.69) is 60.6 Å². The number of hydrogen-bond acceptors (Lipinski definition) is 5. The number of aromatic nitrogens is 2. The smallest absolute Gasteiger partial charge is 0.210 e. The molecule has 0 saturated heterocycles. The topological polar surface area (TPSA) is 37.8 Å². The van der Waals surface area contributed by atoms with E-state index in [0.717, 1.165) is 10.1 Å². The monoisotopic (exact) mass is 373 g/mol. The Balaban J connectivity index is 1.59. The van der Waals surface area contributed by atoms with Gasteiger partial charge >= 0.3 is 0 Å². The average molecular weight is 374 g/mol. The molecule has 3 rings (SSSR count). The van der Waals surface area contributed by atoms with E-state index in [0.29, 0.717) is 10.8 Å². The van der Waals surface area contributed by atoms with Gasteiger partial charge in [0.2, 0.25) is 5.13 Å². The summed E-state index contributed by atoms with van der Waals surface area (Å²) < 4.78 is 14.5. The zero-order chi connectivity index (χ0) is 17.9. The summed E-state index contributed by atoms with van der Waals surface area (Å²) in [7, 11) is 0. The molecule has 25 heavy (non-hydrogen) atoms. The fourth-order valence-electron chi connectivity index (χ4n) is 2.24. The van der Waals surface area contributed by atoms with Gasteiger partial charge in [-0.3, -0.25) is 0 Å². The molecule has 0 aliphatic heterocycles. The van der Waals surface area contributed by atoms with Crippen LogP contribution >= 0.6 is 23.1 Å². The minimum atomic E-state index is -0.300. The molecule has 0 aliphatic carbocycles. The Labute approximate surface area is 155 Å². The molecule has 0 aliphatic rings. The van der Waals surface area contributed by atoms with Gasteiger partial charge in [-0.25, -0.2) is 4.39 Å². The van der Waals surface area contributed by atoms with Crippen molar-refractivity contribution in [1.82, 2.24) is 10.2 Å². The molecule has 0 amide bonds. The van der Waals surface area contributed by atoms with Crippen LogP contribution in [0.1, 0.15) is 31.9 Å². The number of para-hydroxylation sites is 1. The third-order valence-electron chi connectivity index (χ3n) is 3.70. The first-order chi connectivity index (χ1) is 11.9. The number of nitrogens with zero attached hydrogens (tertiary/aromatic N) is 2. The van der Waals surface area contributed by atoms with Crippen LogP contribution in [0.3, 0.4) is 0 Å². The van der Waals surface area contributed by atoms with Crippen molar-refractivity contribution in [2.75, 3.05) is 5.32 Å².